The second kappa shape index (κ2) is 8.44. The van der Waals surface area contributed by atoms with Crippen LogP contribution in [0.25, 0.3) is 0 Å². The van der Waals surface area contributed by atoms with Gasteiger partial charge in [-0.05, 0) is 42.7 Å². The zero-order valence-electron chi connectivity index (χ0n) is 13.0. The molecule has 0 aromatic heterocycles. The van der Waals surface area contributed by atoms with E-state index in [1.54, 1.807) is 22.8 Å². The second-order valence-corrected chi connectivity index (χ2v) is 7.16. The first-order valence-corrected chi connectivity index (χ1v) is 9.51. The van der Waals surface area contributed by atoms with E-state index in [2.05, 4.69) is 38.4 Å². The lowest BCUT2D eigenvalue weighted by molar-refractivity contribution is 0.627. The van der Waals surface area contributed by atoms with Crippen molar-refractivity contribution >= 4 is 33.4 Å². The number of halogens is 2. The van der Waals surface area contributed by atoms with Crippen LogP contribution in [0.4, 0.5) is 10.1 Å². The van der Waals surface area contributed by atoms with Crippen LogP contribution in [0.2, 0.25) is 0 Å². The van der Waals surface area contributed by atoms with Crippen molar-refractivity contribution in [1.82, 2.24) is 0 Å². The molecule has 0 unspecified atom stereocenters. The Bertz CT molecular complexity index is 763. The molecule has 0 radical (unpaired) electrons. The third-order valence-corrected chi connectivity index (χ3v) is 5.39. The van der Waals surface area contributed by atoms with Crippen molar-refractivity contribution < 1.29 is 4.39 Å². The maximum atomic E-state index is 13.6. The number of hydrogen-bond donors (Lipinski definition) is 0. The van der Waals surface area contributed by atoms with Gasteiger partial charge in [0.2, 0.25) is 0 Å². The minimum Gasteiger partial charge on any atom is -0.209 e. The van der Waals surface area contributed by atoms with Crippen LogP contribution in [0.3, 0.4) is 0 Å². The van der Waals surface area contributed by atoms with Crippen molar-refractivity contribution in [3.63, 3.8) is 0 Å². The molecule has 0 saturated carbocycles. The van der Waals surface area contributed by atoms with E-state index in [0.29, 0.717) is 12.2 Å². The fourth-order valence-corrected chi connectivity index (χ4v) is 3.97. The first-order valence-electron chi connectivity index (χ1n) is 7.73. The van der Waals surface area contributed by atoms with Crippen LogP contribution in [0, 0.1) is 5.82 Å². The Balaban J connectivity index is 1.84. The van der Waals surface area contributed by atoms with Gasteiger partial charge < -0.3 is 0 Å². The standard InChI is InChI=1S/C18H17BrFN3S/c19-17-9-2-1-6-14(17)13-24-18-10-3-4-11-21-22-23(18)16-8-5-7-15(20)12-16/h1-2,5-10,12H,3-4,11,13H2. The molecule has 0 atom stereocenters. The van der Waals surface area contributed by atoms with Crippen molar-refractivity contribution in [1.29, 1.82) is 0 Å². The van der Waals surface area contributed by atoms with E-state index in [4.69, 9.17) is 0 Å². The van der Waals surface area contributed by atoms with E-state index in [1.807, 2.05) is 24.3 Å². The predicted octanol–water partition coefficient (Wildman–Crippen LogP) is 6.33. The van der Waals surface area contributed by atoms with Gasteiger partial charge in [0.15, 0.2) is 0 Å². The van der Waals surface area contributed by atoms with Crippen LogP contribution in [-0.4, -0.2) is 6.54 Å². The van der Waals surface area contributed by atoms with E-state index in [0.717, 1.165) is 28.1 Å². The largest absolute Gasteiger partial charge is 0.209 e. The molecule has 2 aromatic carbocycles. The molecule has 6 heteroatoms. The van der Waals surface area contributed by atoms with Crippen molar-refractivity contribution in [3.05, 3.63) is 75.5 Å². The summed E-state index contributed by atoms with van der Waals surface area (Å²) in [5.74, 6) is 0.522. The molecule has 0 N–H and O–H groups in total. The maximum absolute atomic E-state index is 13.6. The summed E-state index contributed by atoms with van der Waals surface area (Å²) in [6.45, 7) is 0.685. The predicted molar refractivity (Wildman–Crippen MR) is 101 cm³/mol. The quantitative estimate of drug-likeness (QED) is 0.594. The SMILES string of the molecule is Fc1cccc(N2N=NCCCC=C2SCc2ccccc2Br)c1. The highest BCUT2D eigenvalue weighted by molar-refractivity contribution is 9.10. The minimum absolute atomic E-state index is 0.278. The first kappa shape index (κ1) is 17.2. The Labute approximate surface area is 153 Å². The second-order valence-electron chi connectivity index (χ2n) is 5.31. The van der Waals surface area contributed by atoms with Crippen molar-refractivity contribution in [2.75, 3.05) is 11.6 Å². The molecule has 2 aromatic rings. The normalized spacial score (nSPS) is 14.9. The summed E-state index contributed by atoms with van der Waals surface area (Å²) in [5, 5.41) is 11.2. The molecule has 1 aliphatic heterocycles. The lowest BCUT2D eigenvalue weighted by Gasteiger charge is -2.22. The summed E-state index contributed by atoms with van der Waals surface area (Å²) in [6, 6.07) is 14.6. The Kier molecular flexibility index (Phi) is 6.04. The van der Waals surface area contributed by atoms with E-state index in [1.165, 1.54) is 17.7 Å². The van der Waals surface area contributed by atoms with Crippen LogP contribution >= 0.6 is 27.7 Å². The highest BCUT2D eigenvalue weighted by Crippen LogP contribution is 2.33. The summed E-state index contributed by atoms with van der Waals surface area (Å²) in [6.07, 6.45) is 4.06. The highest BCUT2D eigenvalue weighted by Gasteiger charge is 2.15. The zero-order valence-corrected chi connectivity index (χ0v) is 15.4. The molecule has 0 saturated heterocycles. The van der Waals surface area contributed by atoms with Gasteiger partial charge in [-0.25, -0.2) is 9.40 Å². The third kappa shape index (κ3) is 4.45. The van der Waals surface area contributed by atoms with Gasteiger partial charge in [-0.2, -0.15) is 5.11 Å². The van der Waals surface area contributed by atoms with E-state index >= 15 is 0 Å². The van der Waals surface area contributed by atoms with Gasteiger partial charge in [0.05, 0.1) is 17.3 Å². The molecule has 0 fully saturated rings. The molecule has 0 aliphatic carbocycles. The van der Waals surface area contributed by atoms with Gasteiger partial charge in [-0.3, -0.25) is 0 Å². The molecule has 24 heavy (non-hydrogen) atoms. The topological polar surface area (TPSA) is 28.0 Å². The molecule has 0 spiro atoms. The summed E-state index contributed by atoms with van der Waals surface area (Å²) in [7, 11) is 0. The smallest absolute Gasteiger partial charge is 0.125 e. The lowest BCUT2D eigenvalue weighted by atomic mass is 10.2. The van der Waals surface area contributed by atoms with Crippen molar-refractivity contribution in [2.45, 2.75) is 18.6 Å². The summed E-state index contributed by atoms with van der Waals surface area (Å²) < 4.78 is 14.7. The molecular formula is C18H17BrFN3S. The fourth-order valence-electron chi connectivity index (χ4n) is 2.30. The van der Waals surface area contributed by atoms with Crippen LogP contribution in [-0.2, 0) is 5.75 Å². The Morgan fingerprint density at radius 2 is 2.04 bits per heavy atom. The molecule has 1 aliphatic rings. The number of thioether (sulfide) groups is 1. The Hall–Kier alpha value is -1.66. The average molecular weight is 406 g/mol. The van der Waals surface area contributed by atoms with Crippen LogP contribution < -0.4 is 5.01 Å². The molecular weight excluding hydrogens is 389 g/mol. The fraction of sp³-hybridized carbons (Fsp3) is 0.222. The molecule has 124 valence electrons. The van der Waals surface area contributed by atoms with Crippen LogP contribution in [0.5, 0.6) is 0 Å². The molecule has 1 heterocycles. The van der Waals surface area contributed by atoms with E-state index in [9.17, 15) is 4.39 Å². The van der Waals surface area contributed by atoms with Gasteiger partial charge in [0.1, 0.15) is 5.82 Å². The zero-order chi connectivity index (χ0) is 16.8. The van der Waals surface area contributed by atoms with E-state index < -0.39 is 0 Å². The number of allylic oxidation sites excluding steroid dienone is 1. The number of anilines is 1. The van der Waals surface area contributed by atoms with Gasteiger partial charge in [-0.15, -0.1) is 11.8 Å². The van der Waals surface area contributed by atoms with Crippen LogP contribution in [0.15, 0.2) is 74.4 Å². The number of rotatable bonds is 4. The molecule has 3 nitrogen and oxygen atoms in total. The summed E-state index contributed by atoms with van der Waals surface area (Å²) in [5.41, 5.74) is 1.90. The Morgan fingerprint density at radius 1 is 1.17 bits per heavy atom. The van der Waals surface area contributed by atoms with Crippen molar-refractivity contribution in [2.24, 2.45) is 10.3 Å². The van der Waals surface area contributed by atoms with Gasteiger partial charge in [0, 0.05) is 10.2 Å². The monoisotopic (exact) mass is 405 g/mol. The molecule has 3 rings (SSSR count). The van der Waals surface area contributed by atoms with Crippen LogP contribution in [0.1, 0.15) is 18.4 Å². The van der Waals surface area contributed by atoms with Gasteiger partial charge in [-0.1, -0.05) is 51.5 Å². The lowest BCUT2D eigenvalue weighted by Crippen LogP contribution is -2.15. The average Bonchev–Trinajstić information content (AvgIpc) is 2.55. The number of nitrogens with zero attached hydrogens (tertiary/aromatic N) is 3. The summed E-state index contributed by atoms with van der Waals surface area (Å²) >= 11 is 5.26. The first-order chi connectivity index (χ1) is 11.7. The van der Waals surface area contributed by atoms with Crippen molar-refractivity contribution in [3.8, 4) is 0 Å². The summed E-state index contributed by atoms with van der Waals surface area (Å²) in [4.78, 5) is 0. The molecule has 0 amide bonds. The van der Waals surface area contributed by atoms with E-state index in [-0.39, 0.29) is 5.82 Å². The minimum atomic E-state index is -0.278. The van der Waals surface area contributed by atoms with Gasteiger partial charge >= 0.3 is 0 Å². The maximum Gasteiger partial charge on any atom is 0.125 e. The Morgan fingerprint density at radius 3 is 2.88 bits per heavy atom. The third-order valence-electron chi connectivity index (χ3n) is 3.53. The number of hydrogen-bond acceptors (Lipinski definition) is 4. The highest BCUT2D eigenvalue weighted by atomic mass is 79.9. The van der Waals surface area contributed by atoms with Gasteiger partial charge in [0.25, 0.3) is 0 Å². The number of benzene rings is 2. The molecule has 0 bridgehead atoms.